The fourth-order valence-corrected chi connectivity index (χ4v) is 0.520. The molecular weight excluding hydrogens is 90.1 g/mol. The summed E-state index contributed by atoms with van der Waals surface area (Å²) in [6.07, 6.45) is 1.09. The second-order valence-corrected chi connectivity index (χ2v) is 1.48. The summed E-state index contributed by atoms with van der Waals surface area (Å²) in [7, 11) is 0. The first kappa shape index (κ1) is 5.03. The summed E-state index contributed by atoms with van der Waals surface area (Å²) in [5, 5.41) is 3.05. The second kappa shape index (κ2) is 2.96. The van der Waals surface area contributed by atoms with E-state index < -0.39 is 0 Å². The zero-order chi connectivity index (χ0) is 4.95. The largest absolute Gasteiger partial charge is 0.299 e. The number of hydrazine groups is 1. The van der Waals surface area contributed by atoms with E-state index in [1.807, 2.05) is 6.54 Å². The quantitative estimate of drug-likeness (QED) is 0.373. The highest BCUT2D eigenvalue weighted by Crippen LogP contribution is 1.78. The van der Waals surface area contributed by atoms with Gasteiger partial charge in [-0.25, -0.2) is 5.43 Å². The molecule has 1 aliphatic heterocycles. The third-order valence-corrected chi connectivity index (χ3v) is 0.873. The summed E-state index contributed by atoms with van der Waals surface area (Å²) in [5.41, 5.74) is 5.96. The minimum atomic E-state index is 0.833. The van der Waals surface area contributed by atoms with Crippen molar-refractivity contribution >= 4 is 0 Å². The van der Waals surface area contributed by atoms with E-state index in [0.29, 0.717) is 0 Å². The Kier molecular flexibility index (Phi) is 2.12. The van der Waals surface area contributed by atoms with E-state index in [1.165, 1.54) is 0 Å². The fourth-order valence-electron chi connectivity index (χ4n) is 0.520. The van der Waals surface area contributed by atoms with Crippen molar-refractivity contribution < 1.29 is 0 Å². The Morgan fingerprint density at radius 1 is 1.29 bits per heavy atom. The van der Waals surface area contributed by atoms with Crippen molar-refractivity contribution in [2.24, 2.45) is 0 Å². The van der Waals surface area contributed by atoms with E-state index in [-0.39, 0.29) is 0 Å². The summed E-state index contributed by atoms with van der Waals surface area (Å²) in [5.74, 6) is 0. The van der Waals surface area contributed by atoms with Crippen LogP contribution in [0.25, 0.3) is 0 Å². The highest BCUT2D eigenvalue weighted by molar-refractivity contribution is 4.64. The average molecular weight is 100 g/mol. The average Bonchev–Trinajstić information content (AvgIpc) is 1.90. The molecule has 3 heteroatoms. The molecule has 0 aliphatic carbocycles. The molecule has 0 unspecified atom stereocenters. The maximum Gasteiger partial charge on any atom is 0.0592 e. The van der Waals surface area contributed by atoms with E-state index in [0.717, 1.165) is 19.6 Å². The molecule has 0 atom stereocenters. The molecule has 3 nitrogen and oxygen atoms in total. The normalized spacial score (nSPS) is 24.0. The van der Waals surface area contributed by atoms with Crippen LogP contribution in [0, 0.1) is 6.54 Å². The van der Waals surface area contributed by atoms with Crippen LogP contribution < -0.4 is 16.2 Å². The van der Waals surface area contributed by atoms with Crippen LogP contribution in [0.5, 0.6) is 0 Å². The number of rotatable bonds is 0. The van der Waals surface area contributed by atoms with Crippen LogP contribution in [-0.4, -0.2) is 13.2 Å². The van der Waals surface area contributed by atoms with Gasteiger partial charge in [0.15, 0.2) is 0 Å². The lowest BCUT2D eigenvalue weighted by atomic mass is 10.4. The summed E-state index contributed by atoms with van der Waals surface area (Å²) < 4.78 is 0. The maximum absolute atomic E-state index is 3.05. The molecular formula is C4H10N3. The smallest absolute Gasteiger partial charge is 0.0592 e. The molecule has 1 heterocycles. The van der Waals surface area contributed by atoms with E-state index in [1.54, 1.807) is 0 Å². The van der Waals surface area contributed by atoms with Gasteiger partial charge < -0.3 is 0 Å². The van der Waals surface area contributed by atoms with Gasteiger partial charge in [0.05, 0.1) is 6.67 Å². The summed E-state index contributed by atoms with van der Waals surface area (Å²) in [6, 6.07) is 0. The second-order valence-electron chi connectivity index (χ2n) is 1.48. The predicted molar refractivity (Wildman–Crippen MR) is 28.1 cm³/mol. The lowest BCUT2D eigenvalue weighted by molar-refractivity contribution is 0.556. The van der Waals surface area contributed by atoms with Gasteiger partial charge in [0.2, 0.25) is 0 Å². The molecule has 0 bridgehead atoms. The van der Waals surface area contributed by atoms with Crippen molar-refractivity contribution in [1.82, 2.24) is 16.2 Å². The molecule has 0 spiro atoms. The summed E-state index contributed by atoms with van der Waals surface area (Å²) in [6.45, 7) is 3.90. The number of nitrogens with one attached hydrogen (secondary N) is 3. The van der Waals surface area contributed by atoms with Crippen LogP contribution in [-0.2, 0) is 0 Å². The molecule has 1 saturated heterocycles. The Hall–Kier alpha value is -0.120. The standard InChI is InChI=1S/C4H10N3/c1-2-5-4-7-6-3-1/h2,5-7H,1,3-4H2. The molecule has 0 aromatic heterocycles. The summed E-state index contributed by atoms with van der Waals surface area (Å²) in [4.78, 5) is 0. The molecule has 1 radical (unpaired) electrons. The lowest BCUT2D eigenvalue weighted by Crippen LogP contribution is -2.34. The SMILES string of the molecule is [CH]1CCNNCN1. The zero-order valence-electron chi connectivity index (χ0n) is 4.20. The van der Waals surface area contributed by atoms with Crippen LogP contribution >= 0.6 is 0 Å². The Labute approximate surface area is 43.4 Å². The summed E-state index contributed by atoms with van der Waals surface area (Å²) >= 11 is 0. The third-order valence-electron chi connectivity index (χ3n) is 0.873. The van der Waals surface area contributed by atoms with Crippen molar-refractivity contribution in [3.8, 4) is 0 Å². The Morgan fingerprint density at radius 2 is 2.29 bits per heavy atom. The van der Waals surface area contributed by atoms with Gasteiger partial charge in [-0.15, -0.1) is 0 Å². The first-order valence-corrected chi connectivity index (χ1v) is 2.51. The van der Waals surface area contributed by atoms with Crippen LogP contribution in [0.1, 0.15) is 6.42 Å². The Bertz CT molecular complexity index is 26.5. The van der Waals surface area contributed by atoms with Crippen LogP contribution in [0.2, 0.25) is 0 Å². The van der Waals surface area contributed by atoms with Crippen LogP contribution in [0.15, 0.2) is 0 Å². The van der Waals surface area contributed by atoms with Crippen molar-refractivity contribution in [3.05, 3.63) is 6.54 Å². The van der Waals surface area contributed by atoms with E-state index >= 15 is 0 Å². The van der Waals surface area contributed by atoms with Gasteiger partial charge in [-0.2, -0.15) is 0 Å². The molecule has 0 saturated carbocycles. The van der Waals surface area contributed by atoms with Crippen molar-refractivity contribution in [2.75, 3.05) is 13.2 Å². The van der Waals surface area contributed by atoms with Gasteiger partial charge in [-0.05, 0) is 6.42 Å². The number of hydrogen-bond donors (Lipinski definition) is 3. The van der Waals surface area contributed by atoms with E-state index in [2.05, 4.69) is 16.2 Å². The number of hydrogen-bond acceptors (Lipinski definition) is 3. The third kappa shape index (κ3) is 1.87. The monoisotopic (exact) mass is 100 g/mol. The van der Waals surface area contributed by atoms with Crippen molar-refractivity contribution in [1.29, 1.82) is 0 Å². The maximum atomic E-state index is 3.05. The molecule has 7 heavy (non-hydrogen) atoms. The highest BCUT2D eigenvalue weighted by Gasteiger charge is 1.91. The van der Waals surface area contributed by atoms with Gasteiger partial charge >= 0.3 is 0 Å². The molecule has 0 aromatic carbocycles. The van der Waals surface area contributed by atoms with E-state index in [9.17, 15) is 0 Å². The van der Waals surface area contributed by atoms with Gasteiger partial charge in [0, 0.05) is 13.1 Å². The molecule has 0 aromatic rings. The van der Waals surface area contributed by atoms with Gasteiger partial charge in [0.1, 0.15) is 0 Å². The Morgan fingerprint density at radius 3 is 3.29 bits per heavy atom. The Balaban J connectivity index is 2.04. The van der Waals surface area contributed by atoms with Crippen molar-refractivity contribution in [3.63, 3.8) is 0 Å². The minimum absolute atomic E-state index is 0.833. The van der Waals surface area contributed by atoms with Crippen LogP contribution in [0.3, 0.4) is 0 Å². The molecule has 0 amide bonds. The lowest BCUT2D eigenvalue weighted by Gasteiger charge is -1.96. The molecule has 1 rings (SSSR count). The zero-order valence-corrected chi connectivity index (χ0v) is 4.20. The van der Waals surface area contributed by atoms with Crippen LogP contribution in [0.4, 0.5) is 0 Å². The molecule has 1 fully saturated rings. The topological polar surface area (TPSA) is 36.1 Å². The first-order valence-electron chi connectivity index (χ1n) is 2.51. The predicted octanol–water partition coefficient (Wildman–Crippen LogP) is -0.807. The highest BCUT2D eigenvalue weighted by atomic mass is 15.4. The minimum Gasteiger partial charge on any atom is -0.299 e. The van der Waals surface area contributed by atoms with Gasteiger partial charge in [-0.1, -0.05) is 0 Å². The molecule has 41 valence electrons. The van der Waals surface area contributed by atoms with Crippen molar-refractivity contribution in [2.45, 2.75) is 6.42 Å². The molecule has 3 N–H and O–H groups in total. The van der Waals surface area contributed by atoms with E-state index in [4.69, 9.17) is 0 Å². The fraction of sp³-hybridized carbons (Fsp3) is 0.750. The first-order chi connectivity index (χ1) is 3.50. The molecule has 1 aliphatic rings. The van der Waals surface area contributed by atoms with Gasteiger partial charge in [0.25, 0.3) is 0 Å². The van der Waals surface area contributed by atoms with Gasteiger partial charge in [-0.3, -0.25) is 10.7 Å².